The molecular formula is C14H24O2. The van der Waals surface area contributed by atoms with Gasteiger partial charge in [-0.2, -0.15) is 0 Å². The fourth-order valence-corrected chi connectivity index (χ4v) is 0.973. The molecule has 0 saturated carbocycles. The van der Waals surface area contributed by atoms with E-state index in [0.29, 0.717) is 13.0 Å². The molecule has 16 heavy (non-hydrogen) atoms. The smallest absolute Gasteiger partial charge is 0.309 e. The molecule has 0 aliphatic heterocycles. The van der Waals surface area contributed by atoms with Crippen LogP contribution in [0.1, 0.15) is 47.0 Å². The van der Waals surface area contributed by atoms with Crippen LogP contribution in [-0.4, -0.2) is 12.6 Å². The maximum absolute atomic E-state index is 11.3. The van der Waals surface area contributed by atoms with Crippen LogP contribution in [-0.2, 0) is 9.53 Å². The second-order valence-electron chi connectivity index (χ2n) is 5.01. The summed E-state index contributed by atoms with van der Waals surface area (Å²) in [6.07, 6.45) is 10.4. The summed E-state index contributed by atoms with van der Waals surface area (Å²) in [6.45, 7) is 8.72. The first kappa shape index (κ1) is 14.9. The van der Waals surface area contributed by atoms with Crippen molar-refractivity contribution in [1.29, 1.82) is 0 Å². The van der Waals surface area contributed by atoms with Crippen molar-refractivity contribution in [2.75, 3.05) is 6.61 Å². The van der Waals surface area contributed by atoms with Gasteiger partial charge >= 0.3 is 5.97 Å². The molecule has 0 aliphatic carbocycles. The molecule has 0 rings (SSSR count). The van der Waals surface area contributed by atoms with E-state index in [2.05, 4.69) is 19.1 Å². The molecule has 0 radical (unpaired) electrons. The number of hydrogen-bond donors (Lipinski definition) is 0. The molecule has 0 aromatic heterocycles. The summed E-state index contributed by atoms with van der Waals surface area (Å²) in [4.78, 5) is 11.3. The van der Waals surface area contributed by atoms with Gasteiger partial charge in [-0.15, -0.1) is 0 Å². The van der Waals surface area contributed by atoms with Crippen molar-refractivity contribution in [3.63, 3.8) is 0 Å². The molecule has 0 spiro atoms. The molecule has 0 fully saturated rings. The standard InChI is InChI=1S/C14H24O2/c1-5-6-7-8-9-10-11-13(15)16-12-14(2,3)4/h6-7,9-10H,5,8,11-12H2,1-4H3/b7-6+,10-9+. The third-order valence-corrected chi connectivity index (χ3v) is 1.79. The molecule has 0 atom stereocenters. The van der Waals surface area contributed by atoms with E-state index >= 15 is 0 Å². The lowest BCUT2D eigenvalue weighted by atomic mass is 9.99. The predicted molar refractivity (Wildman–Crippen MR) is 68.2 cm³/mol. The van der Waals surface area contributed by atoms with Crippen LogP contribution in [0.25, 0.3) is 0 Å². The van der Waals surface area contributed by atoms with E-state index < -0.39 is 0 Å². The van der Waals surface area contributed by atoms with Crippen LogP contribution in [0.15, 0.2) is 24.3 Å². The maximum Gasteiger partial charge on any atom is 0.309 e. The van der Waals surface area contributed by atoms with Crippen LogP contribution in [0.2, 0.25) is 0 Å². The number of hydrogen-bond acceptors (Lipinski definition) is 2. The molecule has 2 nitrogen and oxygen atoms in total. The Labute approximate surface area is 99.4 Å². The largest absolute Gasteiger partial charge is 0.465 e. The quantitative estimate of drug-likeness (QED) is 0.505. The number of carbonyl (C=O) groups is 1. The van der Waals surface area contributed by atoms with Crippen LogP contribution in [0.4, 0.5) is 0 Å². The zero-order valence-corrected chi connectivity index (χ0v) is 11.0. The van der Waals surface area contributed by atoms with E-state index in [1.165, 1.54) is 0 Å². The van der Waals surface area contributed by atoms with Crippen LogP contribution >= 0.6 is 0 Å². The Bertz CT molecular complexity index is 244. The predicted octanol–water partition coefficient (Wildman–Crippen LogP) is 3.88. The van der Waals surface area contributed by atoms with Gasteiger partial charge < -0.3 is 4.74 Å². The normalized spacial score (nSPS) is 12.5. The SMILES string of the molecule is CC/C=C/C/C=C/CC(=O)OCC(C)(C)C. The van der Waals surface area contributed by atoms with Crippen molar-refractivity contribution in [3.05, 3.63) is 24.3 Å². The summed E-state index contributed by atoms with van der Waals surface area (Å²) in [5.74, 6) is -0.148. The zero-order valence-electron chi connectivity index (χ0n) is 11.0. The lowest BCUT2D eigenvalue weighted by Crippen LogP contribution is -2.17. The molecule has 2 heteroatoms. The maximum atomic E-state index is 11.3. The lowest BCUT2D eigenvalue weighted by molar-refractivity contribution is -0.145. The molecule has 0 saturated heterocycles. The van der Waals surface area contributed by atoms with Gasteiger partial charge in [0, 0.05) is 0 Å². The van der Waals surface area contributed by atoms with Gasteiger partial charge in [0.15, 0.2) is 0 Å². The Hall–Kier alpha value is -1.05. The summed E-state index contributed by atoms with van der Waals surface area (Å²) in [7, 11) is 0. The first-order chi connectivity index (χ1) is 7.45. The fourth-order valence-electron chi connectivity index (χ4n) is 0.973. The van der Waals surface area contributed by atoms with Crippen molar-refractivity contribution < 1.29 is 9.53 Å². The number of esters is 1. The van der Waals surface area contributed by atoms with Gasteiger partial charge in [-0.05, 0) is 18.3 Å². The van der Waals surface area contributed by atoms with E-state index in [0.717, 1.165) is 12.8 Å². The molecule has 0 aromatic rings. The lowest BCUT2D eigenvalue weighted by Gasteiger charge is -2.17. The summed E-state index contributed by atoms with van der Waals surface area (Å²) in [5, 5.41) is 0. The highest BCUT2D eigenvalue weighted by Crippen LogP contribution is 2.13. The highest BCUT2D eigenvalue weighted by Gasteiger charge is 2.12. The Morgan fingerprint density at radius 1 is 1.12 bits per heavy atom. The molecule has 0 unspecified atom stereocenters. The van der Waals surface area contributed by atoms with Crippen molar-refractivity contribution in [2.45, 2.75) is 47.0 Å². The van der Waals surface area contributed by atoms with Crippen molar-refractivity contribution in [2.24, 2.45) is 5.41 Å². The average molecular weight is 224 g/mol. The minimum Gasteiger partial charge on any atom is -0.465 e. The third-order valence-electron chi connectivity index (χ3n) is 1.79. The van der Waals surface area contributed by atoms with Gasteiger partial charge in [-0.25, -0.2) is 0 Å². The third kappa shape index (κ3) is 11.0. The molecule has 92 valence electrons. The van der Waals surface area contributed by atoms with Crippen LogP contribution in [0.3, 0.4) is 0 Å². The number of rotatable bonds is 6. The van der Waals surface area contributed by atoms with Crippen LogP contribution < -0.4 is 0 Å². The first-order valence-electron chi connectivity index (χ1n) is 5.91. The Kier molecular flexibility index (Phi) is 7.61. The number of allylic oxidation sites excluding steroid dienone is 3. The fraction of sp³-hybridized carbons (Fsp3) is 0.643. The van der Waals surface area contributed by atoms with Crippen molar-refractivity contribution in [1.82, 2.24) is 0 Å². The second kappa shape index (κ2) is 8.14. The molecule has 0 heterocycles. The van der Waals surface area contributed by atoms with Gasteiger partial charge in [0.25, 0.3) is 0 Å². The first-order valence-corrected chi connectivity index (χ1v) is 5.91. The summed E-state index contributed by atoms with van der Waals surface area (Å²) >= 11 is 0. The minimum absolute atomic E-state index is 0.0449. The van der Waals surface area contributed by atoms with Gasteiger partial charge in [0.1, 0.15) is 0 Å². The minimum atomic E-state index is -0.148. The van der Waals surface area contributed by atoms with Crippen molar-refractivity contribution in [3.8, 4) is 0 Å². The molecule has 0 amide bonds. The average Bonchev–Trinajstić information content (AvgIpc) is 2.19. The monoisotopic (exact) mass is 224 g/mol. The Balaban J connectivity index is 3.61. The van der Waals surface area contributed by atoms with Gasteiger partial charge in [0.2, 0.25) is 0 Å². The van der Waals surface area contributed by atoms with E-state index in [9.17, 15) is 4.79 Å². The van der Waals surface area contributed by atoms with E-state index in [1.807, 2.05) is 32.9 Å². The summed E-state index contributed by atoms with van der Waals surface area (Å²) in [6, 6.07) is 0. The van der Waals surface area contributed by atoms with Crippen LogP contribution in [0.5, 0.6) is 0 Å². The highest BCUT2D eigenvalue weighted by atomic mass is 16.5. The molecule has 0 aliphatic rings. The van der Waals surface area contributed by atoms with E-state index in [-0.39, 0.29) is 11.4 Å². The molecule has 0 bridgehead atoms. The number of carbonyl (C=O) groups excluding carboxylic acids is 1. The van der Waals surface area contributed by atoms with Crippen LogP contribution in [0, 0.1) is 5.41 Å². The zero-order chi connectivity index (χ0) is 12.4. The summed E-state index contributed by atoms with van der Waals surface area (Å²) in [5.41, 5.74) is 0.0449. The van der Waals surface area contributed by atoms with E-state index in [4.69, 9.17) is 4.74 Å². The topological polar surface area (TPSA) is 26.3 Å². The second-order valence-corrected chi connectivity index (χ2v) is 5.01. The summed E-state index contributed by atoms with van der Waals surface area (Å²) < 4.78 is 5.13. The molecule has 0 aromatic carbocycles. The van der Waals surface area contributed by atoms with Gasteiger partial charge in [0.05, 0.1) is 13.0 Å². The molecular weight excluding hydrogens is 200 g/mol. The van der Waals surface area contributed by atoms with Gasteiger partial charge in [-0.3, -0.25) is 4.79 Å². The molecule has 0 N–H and O–H groups in total. The number of ether oxygens (including phenoxy) is 1. The Morgan fingerprint density at radius 3 is 2.31 bits per heavy atom. The van der Waals surface area contributed by atoms with Crippen molar-refractivity contribution >= 4 is 5.97 Å². The van der Waals surface area contributed by atoms with E-state index in [1.54, 1.807) is 0 Å². The highest BCUT2D eigenvalue weighted by molar-refractivity contribution is 5.71. The van der Waals surface area contributed by atoms with Gasteiger partial charge in [-0.1, -0.05) is 52.0 Å². The Morgan fingerprint density at radius 2 is 1.75 bits per heavy atom.